The number of hydrogen-bond donors (Lipinski definition) is 5. The Morgan fingerprint density at radius 2 is 1.31 bits per heavy atom. The molecule has 2 aliphatic rings. The van der Waals surface area contributed by atoms with Gasteiger partial charge in [-0.25, -0.2) is 19.6 Å². The van der Waals surface area contributed by atoms with Crippen LogP contribution in [0.2, 0.25) is 0 Å². The zero-order valence-electron chi connectivity index (χ0n) is 30.3. The molecule has 2 saturated heterocycles. The second kappa shape index (κ2) is 16.0. The minimum absolute atomic E-state index is 0.0173. The van der Waals surface area contributed by atoms with Crippen molar-refractivity contribution < 1.29 is 29.0 Å². The van der Waals surface area contributed by atoms with Gasteiger partial charge in [0.15, 0.2) is 0 Å². The highest BCUT2D eigenvalue weighted by Gasteiger charge is 2.39. The first-order valence-corrected chi connectivity index (χ1v) is 17.8. The van der Waals surface area contributed by atoms with Crippen LogP contribution in [0.4, 0.5) is 9.59 Å². The maximum atomic E-state index is 13.6. The van der Waals surface area contributed by atoms with E-state index in [1.807, 2.05) is 32.2 Å². The first kappa shape index (κ1) is 36.6. The Morgan fingerprint density at radius 3 is 1.83 bits per heavy atom. The zero-order valence-corrected chi connectivity index (χ0v) is 30.3. The SMILES string of the molecule is COC(=O)N[C@H](C(=O)N1CCC[C@H]1c1ncc(-c2ccc(-c3ccc(-c4cnc([C@@H]5CCCN5[C@H](NC(=O)O)C(C)C)[nH]4)cc3)cc2)[nH]1)[C@@H](C)OC. The second-order valence-electron chi connectivity index (χ2n) is 13.8. The van der Waals surface area contributed by atoms with Crippen LogP contribution in [0, 0.1) is 5.92 Å². The molecule has 0 spiro atoms. The quantitative estimate of drug-likeness (QED) is 0.119. The first-order valence-electron chi connectivity index (χ1n) is 17.8. The Morgan fingerprint density at radius 1 is 0.788 bits per heavy atom. The number of nitrogens with zero attached hydrogens (tertiary/aromatic N) is 4. The van der Waals surface area contributed by atoms with Crippen molar-refractivity contribution >= 4 is 18.1 Å². The number of rotatable bonds is 12. The molecule has 276 valence electrons. The number of benzene rings is 2. The first-order chi connectivity index (χ1) is 25.1. The molecule has 0 saturated carbocycles. The molecule has 6 rings (SSSR count). The van der Waals surface area contributed by atoms with Crippen LogP contribution in [-0.2, 0) is 14.3 Å². The normalized spacial score (nSPS) is 19.4. The summed E-state index contributed by atoms with van der Waals surface area (Å²) in [4.78, 5) is 57.3. The van der Waals surface area contributed by atoms with E-state index in [9.17, 15) is 19.5 Å². The van der Waals surface area contributed by atoms with Crippen molar-refractivity contribution in [2.75, 3.05) is 27.3 Å². The Kier molecular flexibility index (Phi) is 11.2. The Balaban J connectivity index is 1.12. The molecule has 4 heterocycles. The number of nitrogens with one attached hydrogen (secondary N) is 4. The number of carbonyl (C=O) groups excluding carboxylic acids is 2. The van der Waals surface area contributed by atoms with Crippen molar-refractivity contribution in [2.24, 2.45) is 5.92 Å². The maximum Gasteiger partial charge on any atom is 0.407 e. The highest BCUT2D eigenvalue weighted by Crippen LogP contribution is 2.36. The number of aromatic amines is 2. The Labute approximate surface area is 303 Å². The highest BCUT2D eigenvalue weighted by atomic mass is 16.5. The molecule has 14 heteroatoms. The van der Waals surface area contributed by atoms with Gasteiger partial charge in [0.05, 0.1) is 55.2 Å². The van der Waals surface area contributed by atoms with Crippen LogP contribution in [0.1, 0.15) is 70.2 Å². The number of amides is 3. The van der Waals surface area contributed by atoms with Crippen molar-refractivity contribution in [1.29, 1.82) is 0 Å². The van der Waals surface area contributed by atoms with Crippen LogP contribution in [0.25, 0.3) is 33.6 Å². The molecule has 2 fully saturated rings. The van der Waals surface area contributed by atoms with Gasteiger partial charge in [-0.2, -0.15) is 0 Å². The molecule has 2 aromatic carbocycles. The molecule has 0 radical (unpaired) electrons. The van der Waals surface area contributed by atoms with E-state index >= 15 is 0 Å². The number of carboxylic acid groups (broad SMARTS) is 1. The maximum absolute atomic E-state index is 13.6. The fourth-order valence-electron chi connectivity index (χ4n) is 7.36. The number of carbonyl (C=O) groups is 3. The van der Waals surface area contributed by atoms with Gasteiger partial charge < -0.3 is 40.1 Å². The van der Waals surface area contributed by atoms with E-state index in [4.69, 9.17) is 14.5 Å². The third-order valence-corrected chi connectivity index (χ3v) is 10.2. The average molecular weight is 713 g/mol. The van der Waals surface area contributed by atoms with E-state index in [-0.39, 0.29) is 30.1 Å². The van der Waals surface area contributed by atoms with Crippen molar-refractivity contribution in [3.05, 3.63) is 72.6 Å². The number of imidazole rings is 2. The molecular weight excluding hydrogens is 664 g/mol. The summed E-state index contributed by atoms with van der Waals surface area (Å²) in [7, 11) is 2.76. The number of likely N-dealkylation sites (tertiary alicyclic amines) is 2. The number of ether oxygens (including phenoxy) is 2. The van der Waals surface area contributed by atoms with Gasteiger partial charge in [-0.3, -0.25) is 9.69 Å². The summed E-state index contributed by atoms with van der Waals surface area (Å²) in [5.41, 5.74) is 5.88. The predicted molar refractivity (Wildman–Crippen MR) is 195 cm³/mol. The summed E-state index contributed by atoms with van der Waals surface area (Å²) in [5.74, 6) is 1.42. The van der Waals surface area contributed by atoms with Crippen LogP contribution in [0.5, 0.6) is 0 Å². The molecule has 5 atom stereocenters. The number of alkyl carbamates (subject to hydrolysis) is 1. The largest absolute Gasteiger partial charge is 0.465 e. The fraction of sp³-hybridized carbons (Fsp3) is 0.447. The van der Waals surface area contributed by atoms with Gasteiger partial charge in [0.1, 0.15) is 17.7 Å². The zero-order chi connectivity index (χ0) is 36.9. The lowest BCUT2D eigenvalue weighted by molar-refractivity contribution is -0.137. The van der Waals surface area contributed by atoms with Crippen molar-refractivity contribution in [1.82, 2.24) is 40.4 Å². The van der Waals surface area contributed by atoms with E-state index < -0.39 is 24.3 Å². The average Bonchev–Trinajstić information content (AvgIpc) is 3.99. The molecule has 0 bridgehead atoms. The lowest BCUT2D eigenvalue weighted by atomic mass is 10.0. The van der Waals surface area contributed by atoms with E-state index in [1.54, 1.807) is 18.0 Å². The molecule has 2 aromatic heterocycles. The molecule has 5 N–H and O–H groups in total. The van der Waals surface area contributed by atoms with Gasteiger partial charge in [-0.05, 0) is 60.8 Å². The predicted octanol–water partition coefficient (Wildman–Crippen LogP) is 5.94. The summed E-state index contributed by atoms with van der Waals surface area (Å²) in [6.07, 6.45) is 4.56. The van der Waals surface area contributed by atoms with Gasteiger partial charge in [-0.1, -0.05) is 62.4 Å². The van der Waals surface area contributed by atoms with Gasteiger partial charge >= 0.3 is 12.2 Å². The van der Waals surface area contributed by atoms with Crippen LogP contribution < -0.4 is 10.6 Å². The van der Waals surface area contributed by atoms with Crippen molar-refractivity contribution in [2.45, 2.75) is 76.8 Å². The Bertz CT molecular complexity index is 1840. The smallest absolute Gasteiger partial charge is 0.407 e. The lowest BCUT2D eigenvalue weighted by Crippen LogP contribution is -2.54. The van der Waals surface area contributed by atoms with Gasteiger partial charge in [0, 0.05) is 20.2 Å². The molecule has 14 nitrogen and oxygen atoms in total. The number of hydrogen-bond acceptors (Lipinski definition) is 8. The summed E-state index contributed by atoms with van der Waals surface area (Å²) in [6, 6.07) is 15.4. The third kappa shape index (κ3) is 7.82. The molecule has 2 aliphatic heterocycles. The monoisotopic (exact) mass is 712 g/mol. The molecule has 52 heavy (non-hydrogen) atoms. The van der Waals surface area contributed by atoms with Gasteiger partial charge in [0.25, 0.3) is 0 Å². The van der Waals surface area contributed by atoms with Crippen LogP contribution in [0.15, 0.2) is 60.9 Å². The van der Waals surface area contributed by atoms with E-state index in [1.165, 1.54) is 14.2 Å². The van der Waals surface area contributed by atoms with Crippen LogP contribution in [-0.4, -0.2) is 98.6 Å². The minimum Gasteiger partial charge on any atom is -0.465 e. The number of H-pyrrole nitrogens is 2. The lowest BCUT2D eigenvalue weighted by Gasteiger charge is -2.34. The van der Waals surface area contributed by atoms with E-state index in [0.29, 0.717) is 12.4 Å². The van der Waals surface area contributed by atoms with Crippen LogP contribution >= 0.6 is 0 Å². The topological polar surface area (TPSA) is 178 Å². The third-order valence-electron chi connectivity index (χ3n) is 10.2. The summed E-state index contributed by atoms with van der Waals surface area (Å²) >= 11 is 0. The number of aromatic nitrogens is 4. The van der Waals surface area contributed by atoms with Crippen molar-refractivity contribution in [3.63, 3.8) is 0 Å². The molecule has 3 amide bonds. The molecule has 0 unspecified atom stereocenters. The summed E-state index contributed by atoms with van der Waals surface area (Å²) in [5, 5.41) is 14.7. The fourth-order valence-corrected chi connectivity index (χ4v) is 7.36. The second-order valence-corrected chi connectivity index (χ2v) is 13.8. The summed E-state index contributed by atoms with van der Waals surface area (Å²) in [6.45, 7) is 7.15. The van der Waals surface area contributed by atoms with E-state index in [0.717, 1.165) is 71.7 Å². The summed E-state index contributed by atoms with van der Waals surface area (Å²) < 4.78 is 10.1. The minimum atomic E-state index is -1.02. The molecule has 0 aliphatic carbocycles. The van der Waals surface area contributed by atoms with Gasteiger partial charge in [-0.15, -0.1) is 0 Å². The Hall–Kier alpha value is -5.21. The van der Waals surface area contributed by atoms with Gasteiger partial charge in [0.2, 0.25) is 5.91 Å². The molecule has 4 aromatic rings. The standard InChI is InChI=1S/C38H48N8O6/c1-22(2)35(44-37(48)49)45-18-6-8-30(45)33-39-20-28(41-33)26-14-10-24(11-15-26)25-12-16-27(17-13-25)29-21-40-34(42-29)31-9-7-19-46(31)36(47)32(23(3)51-4)43-38(50)52-5/h10-17,20-23,30-32,35,44H,6-9,18-19H2,1-5H3,(H,39,41)(H,40,42)(H,43,50)(H,48,49)/t23-,30+,31+,32+,35+/m1/s1. The van der Waals surface area contributed by atoms with E-state index in [2.05, 4.69) is 66.9 Å². The number of methoxy groups -OCH3 is 2. The van der Waals surface area contributed by atoms with Crippen LogP contribution in [0.3, 0.4) is 0 Å². The molecular formula is C38H48N8O6. The van der Waals surface area contributed by atoms with Crippen molar-refractivity contribution in [3.8, 4) is 33.6 Å². The highest BCUT2D eigenvalue weighted by molar-refractivity contribution is 5.87.